The maximum Gasteiger partial charge on any atom is 0.345 e. The highest BCUT2D eigenvalue weighted by molar-refractivity contribution is 5.89. The molecule has 18 heavy (non-hydrogen) atoms. The number of benzene rings is 1. The van der Waals surface area contributed by atoms with Crippen LogP contribution in [0.2, 0.25) is 0 Å². The third-order valence-electron chi connectivity index (χ3n) is 2.83. The fourth-order valence-electron chi connectivity index (χ4n) is 1.73. The third kappa shape index (κ3) is 2.04. The van der Waals surface area contributed by atoms with Crippen LogP contribution >= 0.6 is 0 Å². The Morgan fingerprint density at radius 2 is 2.06 bits per heavy atom. The molecule has 1 heterocycles. The Hall–Kier alpha value is -2.37. The molecule has 0 atom stereocenters. The van der Waals surface area contributed by atoms with Crippen LogP contribution in [0.15, 0.2) is 29.1 Å². The Balaban J connectivity index is 2.43. The Morgan fingerprint density at radius 3 is 2.61 bits per heavy atom. The number of aromatic carboxylic acids is 1. The van der Waals surface area contributed by atoms with Crippen molar-refractivity contribution in [3.05, 3.63) is 51.7 Å². The van der Waals surface area contributed by atoms with E-state index in [1.54, 1.807) is 32.2 Å². The number of hydrogen-bond acceptors (Lipinski definition) is 3. The molecule has 0 aliphatic rings. The van der Waals surface area contributed by atoms with Crippen molar-refractivity contribution < 1.29 is 9.90 Å². The van der Waals surface area contributed by atoms with Crippen LogP contribution in [0.25, 0.3) is 0 Å². The second-order valence-electron chi connectivity index (χ2n) is 4.01. The fraction of sp³-hybridized carbons (Fsp3) is 0.250. The van der Waals surface area contributed by atoms with Crippen molar-refractivity contribution in [3.8, 4) is 0 Å². The van der Waals surface area contributed by atoms with Crippen LogP contribution in [0.5, 0.6) is 0 Å². The number of carboxylic acid groups (broad SMARTS) is 1. The van der Waals surface area contributed by atoms with Gasteiger partial charge in [0.05, 0.1) is 12.1 Å². The predicted octanol–water partition coefficient (Wildman–Crippen LogP) is 0.637. The van der Waals surface area contributed by atoms with E-state index in [2.05, 4.69) is 5.10 Å². The fourth-order valence-corrected chi connectivity index (χ4v) is 1.73. The molecule has 0 aliphatic carbocycles. The summed E-state index contributed by atoms with van der Waals surface area (Å²) in [7, 11) is 1.63. The Morgan fingerprint density at radius 1 is 1.39 bits per heavy atom. The van der Waals surface area contributed by atoms with Gasteiger partial charge in [0.25, 0.3) is 0 Å². The smallest absolute Gasteiger partial charge is 0.345 e. The molecule has 1 aromatic carbocycles. The predicted molar refractivity (Wildman–Crippen MR) is 64.7 cm³/mol. The van der Waals surface area contributed by atoms with E-state index in [1.165, 1.54) is 15.3 Å². The largest absolute Gasteiger partial charge is 0.478 e. The molecule has 0 amide bonds. The van der Waals surface area contributed by atoms with Gasteiger partial charge < -0.3 is 5.11 Å². The van der Waals surface area contributed by atoms with E-state index >= 15 is 0 Å². The van der Waals surface area contributed by atoms with Gasteiger partial charge in [0.1, 0.15) is 5.82 Å². The van der Waals surface area contributed by atoms with Crippen molar-refractivity contribution in [2.45, 2.75) is 13.5 Å². The highest BCUT2D eigenvalue weighted by atomic mass is 16.4. The molecular weight excluding hydrogens is 234 g/mol. The van der Waals surface area contributed by atoms with Gasteiger partial charge in [-0.3, -0.25) is 4.57 Å². The first-order chi connectivity index (χ1) is 8.50. The Bertz CT molecular complexity index is 655. The van der Waals surface area contributed by atoms with Gasteiger partial charge in [-0.25, -0.2) is 14.3 Å². The normalized spacial score (nSPS) is 10.6. The lowest BCUT2D eigenvalue weighted by Gasteiger charge is -2.04. The zero-order valence-corrected chi connectivity index (χ0v) is 10.1. The number of aryl methyl sites for hydroxylation is 1. The number of aromatic nitrogens is 3. The van der Waals surface area contributed by atoms with Gasteiger partial charge in [-0.2, -0.15) is 5.10 Å². The lowest BCUT2D eigenvalue weighted by molar-refractivity contribution is 0.0695. The van der Waals surface area contributed by atoms with Crippen molar-refractivity contribution in [2.24, 2.45) is 7.05 Å². The number of carbonyl (C=O) groups is 1. The third-order valence-corrected chi connectivity index (χ3v) is 2.83. The van der Waals surface area contributed by atoms with E-state index in [-0.39, 0.29) is 17.8 Å². The second kappa shape index (κ2) is 4.48. The minimum atomic E-state index is -1.01. The van der Waals surface area contributed by atoms with Gasteiger partial charge >= 0.3 is 11.7 Å². The topological polar surface area (TPSA) is 77.1 Å². The molecule has 0 aliphatic heterocycles. The molecule has 6 nitrogen and oxygen atoms in total. The van der Waals surface area contributed by atoms with Crippen LogP contribution < -0.4 is 5.69 Å². The van der Waals surface area contributed by atoms with Gasteiger partial charge in [-0.1, -0.05) is 18.2 Å². The summed E-state index contributed by atoms with van der Waals surface area (Å²) in [5.41, 5.74) is 0.491. The van der Waals surface area contributed by atoms with Gasteiger partial charge in [0, 0.05) is 7.05 Å². The SMILES string of the molecule is Cc1nn(Cc2ccccc2C(=O)O)c(=O)n1C. The molecule has 0 spiro atoms. The van der Waals surface area contributed by atoms with Crippen molar-refractivity contribution in [1.29, 1.82) is 0 Å². The summed E-state index contributed by atoms with van der Waals surface area (Å²) < 4.78 is 2.68. The van der Waals surface area contributed by atoms with Crippen molar-refractivity contribution in [3.63, 3.8) is 0 Å². The summed E-state index contributed by atoms with van der Waals surface area (Å²) in [6, 6.07) is 6.58. The molecule has 0 bridgehead atoms. The van der Waals surface area contributed by atoms with E-state index in [0.717, 1.165) is 0 Å². The average molecular weight is 247 g/mol. The number of nitrogens with zero attached hydrogens (tertiary/aromatic N) is 3. The molecular formula is C12H13N3O3. The zero-order chi connectivity index (χ0) is 13.3. The highest BCUT2D eigenvalue weighted by Gasteiger charge is 2.12. The molecule has 1 N–H and O–H groups in total. The summed E-state index contributed by atoms with van der Waals surface area (Å²) in [6.07, 6.45) is 0. The van der Waals surface area contributed by atoms with Gasteiger partial charge in [-0.15, -0.1) is 0 Å². The Kier molecular flexibility index (Phi) is 3.01. The standard InChI is InChI=1S/C12H13N3O3/c1-8-13-15(12(18)14(8)2)7-9-5-3-4-6-10(9)11(16)17/h3-6H,7H2,1-2H3,(H,16,17). The molecule has 0 unspecified atom stereocenters. The lowest BCUT2D eigenvalue weighted by atomic mass is 10.1. The molecule has 0 saturated carbocycles. The molecule has 0 saturated heterocycles. The van der Waals surface area contributed by atoms with Crippen molar-refractivity contribution in [2.75, 3.05) is 0 Å². The van der Waals surface area contributed by atoms with Gasteiger partial charge in [0.15, 0.2) is 0 Å². The monoisotopic (exact) mass is 247 g/mol. The lowest BCUT2D eigenvalue weighted by Crippen LogP contribution is -2.24. The first kappa shape index (κ1) is 12.1. The summed E-state index contributed by atoms with van der Waals surface area (Å²) in [4.78, 5) is 22.8. The van der Waals surface area contributed by atoms with Crippen LogP contribution in [-0.2, 0) is 13.6 Å². The molecule has 2 aromatic rings. The van der Waals surface area contributed by atoms with Crippen LogP contribution in [0.4, 0.5) is 0 Å². The zero-order valence-electron chi connectivity index (χ0n) is 10.1. The van der Waals surface area contributed by atoms with Crippen LogP contribution in [-0.4, -0.2) is 25.4 Å². The van der Waals surface area contributed by atoms with E-state index in [0.29, 0.717) is 11.4 Å². The van der Waals surface area contributed by atoms with Gasteiger partial charge in [0.2, 0.25) is 0 Å². The minimum absolute atomic E-state index is 0.156. The number of rotatable bonds is 3. The first-order valence-electron chi connectivity index (χ1n) is 5.42. The number of carboxylic acids is 1. The first-order valence-corrected chi connectivity index (χ1v) is 5.42. The Labute approximate surface area is 103 Å². The van der Waals surface area contributed by atoms with E-state index in [4.69, 9.17) is 5.11 Å². The molecule has 94 valence electrons. The van der Waals surface area contributed by atoms with Crippen LogP contribution in [0, 0.1) is 6.92 Å². The number of hydrogen-bond donors (Lipinski definition) is 1. The second-order valence-corrected chi connectivity index (χ2v) is 4.01. The van der Waals surface area contributed by atoms with Crippen LogP contribution in [0.3, 0.4) is 0 Å². The van der Waals surface area contributed by atoms with Crippen molar-refractivity contribution in [1.82, 2.24) is 14.3 Å². The van der Waals surface area contributed by atoms with Gasteiger partial charge in [-0.05, 0) is 18.6 Å². The summed E-state index contributed by atoms with van der Waals surface area (Å²) in [5, 5.41) is 13.1. The van der Waals surface area contributed by atoms with Crippen LogP contribution in [0.1, 0.15) is 21.7 Å². The summed E-state index contributed by atoms with van der Waals surface area (Å²) in [6.45, 7) is 1.88. The maximum atomic E-state index is 11.8. The molecule has 0 radical (unpaired) electrons. The molecule has 1 aromatic heterocycles. The minimum Gasteiger partial charge on any atom is -0.478 e. The molecule has 6 heteroatoms. The summed E-state index contributed by atoms with van der Waals surface area (Å²) >= 11 is 0. The quantitative estimate of drug-likeness (QED) is 0.863. The van der Waals surface area contributed by atoms with Crippen molar-refractivity contribution >= 4 is 5.97 Å². The highest BCUT2D eigenvalue weighted by Crippen LogP contribution is 2.09. The molecule has 0 fully saturated rings. The van der Waals surface area contributed by atoms with E-state index in [1.807, 2.05) is 0 Å². The summed E-state index contributed by atoms with van der Waals surface area (Å²) in [5.74, 6) is -0.417. The average Bonchev–Trinajstić information content (AvgIpc) is 2.57. The molecule has 2 rings (SSSR count). The maximum absolute atomic E-state index is 11.8. The van der Waals surface area contributed by atoms with E-state index < -0.39 is 5.97 Å². The van der Waals surface area contributed by atoms with E-state index in [9.17, 15) is 9.59 Å².